The SMILES string of the molecule is Cc1nnc(N(C)CC2(O)CCN(Cc3ccccc3)C2)s1. The van der Waals surface area contributed by atoms with Gasteiger partial charge in [-0.15, -0.1) is 10.2 Å². The normalized spacial score (nSPS) is 22.1. The number of aliphatic hydroxyl groups is 1. The number of β-amino-alcohol motifs (C(OH)–C–C–N with tert-alkyl or cyclic N) is 1. The van der Waals surface area contributed by atoms with Crippen molar-refractivity contribution in [1.29, 1.82) is 0 Å². The molecule has 1 aliphatic heterocycles. The summed E-state index contributed by atoms with van der Waals surface area (Å²) >= 11 is 1.56. The molecule has 22 heavy (non-hydrogen) atoms. The van der Waals surface area contributed by atoms with Crippen LogP contribution in [0.3, 0.4) is 0 Å². The summed E-state index contributed by atoms with van der Waals surface area (Å²) < 4.78 is 0. The average Bonchev–Trinajstić information content (AvgIpc) is 3.07. The average molecular weight is 318 g/mol. The molecule has 1 fully saturated rings. The Bertz CT molecular complexity index is 618. The number of hydrogen-bond acceptors (Lipinski definition) is 6. The highest BCUT2D eigenvalue weighted by molar-refractivity contribution is 7.15. The maximum Gasteiger partial charge on any atom is 0.208 e. The fourth-order valence-corrected chi connectivity index (χ4v) is 3.64. The summed E-state index contributed by atoms with van der Waals surface area (Å²) in [6.45, 7) is 5.05. The van der Waals surface area contributed by atoms with Gasteiger partial charge < -0.3 is 10.0 Å². The maximum atomic E-state index is 10.9. The summed E-state index contributed by atoms with van der Waals surface area (Å²) in [7, 11) is 1.97. The smallest absolute Gasteiger partial charge is 0.208 e. The first kappa shape index (κ1) is 15.4. The number of rotatable bonds is 5. The number of nitrogens with zero attached hydrogens (tertiary/aromatic N) is 4. The lowest BCUT2D eigenvalue weighted by molar-refractivity contribution is 0.0562. The molecule has 0 bridgehead atoms. The molecular weight excluding hydrogens is 296 g/mol. The monoisotopic (exact) mass is 318 g/mol. The number of aryl methyl sites for hydroxylation is 1. The van der Waals surface area contributed by atoms with E-state index >= 15 is 0 Å². The molecule has 5 nitrogen and oxygen atoms in total. The van der Waals surface area contributed by atoms with Gasteiger partial charge in [0.2, 0.25) is 5.13 Å². The van der Waals surface area contributed by atoms with Crippen LogP contribution in [0, 0.1) is 6.92 Å². The van der Waals surface area contributed by atoms with Crippen LogP contribution in [0.15, 0.2) is 30.3 Å². The van der Waals surface area contributed by atoms with Crippen LogP contribution in [0.5, 0.6) is 0 Å². The van der Waals surface area contributed by atoms with Gasteiger partial charge in [-0.05, 0) is 18.9 Å². The highest BCUT2D eigenvalue weighted by Gasteiger charge is 2.37. The Morgan fingerprint density at radius 1 is 1.32 bits per heavy atom. The third kappa shape index (κ3) is 3.63. The highest BCUT2D eigenvalue weighted by atomic mass is 32.1. The van der Waals surface area contributed by atoms with E-state index in [0.29, 0.717) is 13.1 Å². The van der Waals surface area contributed by atoms with E-state index in [1.807, 2.05) is 24.9 Å². The molecule has 6 heteroatoms. The van der Waals surface area contributed by atoms with E-state index in [2.05, 4.69) is 39.4 Å². The largest absolute Gasteiger partial charge is 0.387 e. The van der Waals surface area contributed by atoms with Crippen molar-refractivity contribution < 1.29 is 5.11 Å². The second-order valence-electron chi connectivity index (χ2n) is 6.13. The molecule has 118 valence electrons. The number of likely N-dealkylation sites (N-methyl/N-ethyl adjacent to an activating group) is 1. The molecule has 0 spiro atoms. The van der Waals surface area contributed by atoms with E-state index in [-0.39, 0.29) is 0 Å². The Morgan fingerprint density at radius 3 is 2.77 bits per heavy atom. The minimum Gasteiger partial charge on any atom is -0.387 e. The molecular formula is C16H22N4OS. The minimum atomic E-state index is -0.677. The van der Waals surface area contributed by atoms with Gasteiger partial charge in [0, 0.05) is 33.2 Å². The van der Waals surface area contributed by atoms with Crippen LogP contribution >= 0.6 is 11.3 Å². The molecule has 1 unspecified atom stereocenters. The molecule has 0 radical (unpaired) electrons. The molecule has 1 aromatic carbocycles. The van der Waals surface area contributed by atoms with Crippen molar-refractivity contribution in [2.24, 2.45) is 0 Å². The fraction of sp³-hybridized carbons (Fsp3) is 0.500. The van der Waals surface area contributed by atoms with Crippen LogP contribution in [0.2, 0.25) is 0 Å². The third-order valence-electron chi connectivity index (χ3n) is 4.03. The van der Waals surface area contributed by atoms with Gasteiger partial charge in [-0.25, -0.2) is 0 Å². The Balaban J connectivity index is 1.58. The second kappa shape index (κ2) is 6.32. The summed E-state index contributed by atoms with van der Waals surface area (Å²) in [5.41, 5.74) is 0.614. The molecule has 0 aliphatic carbocycles. The van der Waals surface area contributed by atoms with Crippen LogP contribution in [-0.2, 0) is 6.54 Å². The number of benzene rings is 1. The van der Waals surface area contributed by atoms with E-state index in [1.165, 1.54) is 5.56 Å². The zero-order valence-corrected chi connectivity index (χ0v) is 13.9. The van der Waals surface area contributed by atoms with Gasteiger partial charge >= 0.3 is 0 Å². The Labute approximate surface area is 135 Å². The predicted octanol–water partition coefficient (Wildman–Crippen LogP) is 1.92. The second-order valence-corrected chi connectivity index (χ2v) is 7.29. The summed E-state index contributed by atoms with van der Waals surface area (Å²) in [5, 5.41) is 20.9. The van der Waals surface area contributed by atoms with Crippen LogP contribution in [0.4, 0.5) is 5.13 Å². The van der Waals surface area contributed by atoms with Crippen LogP contribution in [0.1, 0.15) is 17.0 Å². The van der Waals surface area contributed by atoms with E-state index < -0.39 is 5.60 Å². The molecule has 1 aliphatic rings. The molecule has 0 amide bonds. The summed E-state index contributed by atoms with van der Waals surface area (Å²) in [6, 6.07) is 10.4. The van der Waals surface area contributed by atoms with E-state index in [4.69, 9.17) is 0 Å². The van der Waals surface area contributed by atoms with Crippen molar-refractivity contribution in [3.63, 3.8) is 0 Å². The van der Waals surface area contributed by atoms with E-state index in [1.54, 1.807) is 11.3 Å². The summed E-state index contributed by atoms with van der Waals surface area (Å²) in [5.74, 6) is 0. The van der Waals surface area contributed by atoms with Gasteiger partial charge in [-0.2, -0.15) is 0 Å². The number of likely N-dealkylation sites (tertiary alicyclic amines) is 1. The van der Waals surface area contributed by atoms with Crippen LogP contribution in [0.25, 0.3) is 0 Å². The minimum absolute atomic E-state index is 0.590. The lowest BCUT2D eigenvalue weighted by Crippen LogP contribution is -2.43. The van der Waals surface area contributed by atoms with Crippen molar-refractivity contribution in [2.45, 2.75) is 25.5 Å². The van der Waals surface area contributed by atoms with Gasteiger partial charge in [-0.1, -0.05) is 41.7 Å². The summed E-state index contributed by atoms with van der Waals surface area (Å²) in [6.07, 6.45) is 0.794. The van der Waals surface area contributed by atoms with Crippen LogP contribution < -0.4 is 4.90 Å². The number of hydrogen-bond donors (Lipinski definition) is 1. The van der Waals surface area contributed by atoms with Crippen molar-refractivity contribution in [2.75, 3.05) is 31.6 Å². The van der Waals surface area contributed by atoms with Gasteiger partial charge in [0.1, 0.15) is 5.01 Å². The fourth-order valence-electron chi connectivity index (χ4n) is 3.00. The van der Waals surface area contributed by atoms with Gasteiger partial charge in [0.25, 0.3) is 0 Å². The maximum absolute atomic E-state index is 10.9. The van der Waals surface area contributed by atoms with E-state index in [9.17, 15) is 5.11 Å². The quantitative estimate of drug-likeness (QED) is 0.913. The van der Waals surface area contributed by atoms with Gasteiger partial charge in [0.15, 0.2) is 0 Å². The molecule has 1 atom stereocenters. The summed E-state index contributed by atoms with van der Waals surface area (Å²) in [4.78, 5) is 4.32. The highest BCUT2D eigenvalue weighted by Crippen LogP contribution is 2.26. The Morgan fingerprint density at radius 2 is 2.09 bits per heavy atom. The third-order valence-corrected chi connectivity index (χ3v) is 4.99. The topological polar surface area (TPSA) is 52.5 Å². The van der Waals surface area contributed by atoms with Crippen molar-refractivity contribution >= 4 is 16.5 Å². The van der Waals surface area contributed by atoms with Crippen molar-refractivity contribution in [3.05, 3.63) is 40.9 Å². The Hall–Kier alpha value is -1.50. The van der Waals surface area contributed by atoms with Crippen molar-refractivity contribution in [3.8, 4) is 0 Å². The predicted molar refractivity (Wildman–Crippen MR) is 89.2 cm³/mol. The van der Waals surface area contributed by atoms with Crippen molar-refractivity contribution in [1.82, 2.24) is 15.1 Å². The molecule has 1 saturated heterocycles. The zero-order chi connectivity index (χ0) is 15.6. The molecule has 2 heterocycles. The molecule has 3 rings (SSSR count). The van der Waals surface area contributed by atoms with Crippen LogP contribution in [-0.4, -0.2) is 52.5 Å². The molecule has 0 saturated carbocycles. The first-order valence-corrected chi connectivity index (χ1v) is 8.36. The first-order valence-electron chi connectivity index (χ1n) is 7.54. The molecule has 1 aromatic heterocycles. The number of aromatic nitrogens is 2. The zero-order valence-electron chi connectivity index (χ0n) is 13.1. The van der Waals surface area contributed by atoms with E-state index in [0.717, 1.165) is 29.6 Å². The number of anilines is 1. The molecule has 2 aromatic rings. The first-order chi connectivity index (χ1) is 10.5. The lowest BCUT2D eigenvalue weighted by atomic mass is 10.0. The lowest BCUT2D eigenvalue weighted by Gasteiger charge is -2.28. The Kier molecular flexibility index (Phi) is 4.42. The standard InChI is InChI=1S/C16H22N4OS/c1-13-17-18-15(22-13)19(2)11-16(21)8-9-20(12-16)10-14-6-4-3-5-7-14/h3-7,21H,8-12H2,1-2H3. The van der Waals surface area contributed by atoms with Gasteiger partial charge in [0.05, 0.1) is 5.60 Å². The molecule has 1 N–H and O–H groups in total. The van der Waals surface area contributed by atoms with Gasteiger partial charge in [-0.3, -0.25) is 4.90 Å².